The number of ether oxygens (including phenoxy) is 2. The molecule has 1 heterocycles. The normalized spacial score (nSPS) is 20.2. The number of nitrogens with one attached hydrogen (secondary N) is 1. The summed E-state index contributed by atoms with van der Waals surface area (Å²) in [6, 6.07) is 15.4. The van der Waals surface area contributed by atoms with Crippen LogP contribution >= 0.6 is 0 Å². The first-order valence-electron chi connectivity index (χ1n) is 11.6. The molecule has 1 aliphatic heterocycles. The molecule has 1 unspecified atom stereocenters. The van der Waals surface area contributed by atoms with Crippen LogP contribution < -0.4 is 5.32 Å². The van der Waals surface area contributed by atoms with Crippen LogP contribution in [0, 0.1) is 0 Å². The van der Waals surface area contributed by atoms with Gasteiger partial charge in [0.25, 0.3) is 0 Å². The van der Waals surface area contributed by atoms with Gasteiger partial charge in [0.2, 0.25) is 5.91 Å². The van der Waals surface area contributed by atoms with E-state index in [2.05, 4.69) is 17.4 Å². The molecule has 1 saturated heterocycles. The van der Waals surface area contributed by atoms with Gasteiger partial charge in [0.15, 0.2) is 5.60 Å². The summed E-state index contributed by atoms with van der Waals surface area (Å²) in [5.74, 6) is -1.53. The van der Waals surface area contributed by atoms with E-state index in [1.807, 2.05) is 43.3 Å². The number of aliphatic carboxylic acids is 1. The quantitative estimate of drug-likeness (QED) is 0.648. The fourth-order valence-corrected chi connectivity index (χ4v) is 4.74. The van der Waals surface area contributed by atoms with E-state index in [0.29, 0.717) is 12.8 Å². The largest absolute Gasteiger partial charge is 0.479 e. The molecule has 4 rings (SSSR count). The average molecular weight is 467 g/mol. The number of hydrogen-bond donors (Lipinski definition) is 2. The zero-order chi connectivity index (χ0) is 24.3. The third kappa shape index (κ3) is 4.63. The molecule has 1 fully saturated rings. The first-order chi connectivity index (χ1) is 16.3. The van der Waals surface area contributed by atoms with Crippen LogP contribution in [0.3, 0.4) is 0 Å². The smallest absolute Gasteiger partial charge is 0.407 e. The van der Waals surface area contributed by atoms with Crippen LogP contribution in [0.15, 0.2) is 48.5 Å². The van der Waals surface area contributed by atoms with Gasteiger partial charge in [-0.15, -0.1) is 0 Å². The lowest BCUT2D eigenvalue weighted by Gasteiger charge is -2.39. The van der Waals surface area contributed by atoms with Gasteiger partial charge in [0.05, 0.1) is 13.2 Å². The van der Waals surface area contributed by atoms with Gasteiger partial charge in [0.1, 0.15) is 12.6 Å². The Morgan fingerprint density at radius 3 is 2.35 bits per heavy atom. The van der Waals surface area contributed by atoms with Gasteiger partial charge in [-0.2, -0.15) is 0 Å². The molecule has 8 nitrogen and oxygen atoms in total. The maximum atomic E-state index is 13.1. The molecule has 2 aromatic carbocycles. The average Bonchev–Trinajstić information content (AvgIpc) is 3.16. The number of carboxylic acid groups (broad SMARTS) is 1. The van der Waals surface area contributed by atoms with Crippen molar-refractivity contribution in [1.29, 1.82) is 0 Å². The molecule has 0 aromatic heterocycles. The SMILES string of the molecule is CCC[C@H](NC(=O)OCC1c2ccccc2-c2ccccc21)C(=O)N1CCOC(C)(C(=O)O)C1. The highest BCUT2D eigenvalue weighted by atomic mass is 16.5. The van der Waals surface area contributed by atoms with Gasteiger partial charge in [-0.1, -0.05) is 61.9 Å². The molecule has 2 aliphatic rings. The highest BCUT2D eigenvalue weighted by Gasteiger charge is 2.42. The van der Waals surface area contributed by atoms with Gasteiger partial charge in [-0.25, -0.2) is 9.59 Å². The topological polar surface area (TPSA) is 105 Å². The molecule has 2 N–H and O–H groups in total. The zero-order valence-electron chi connectivity index (χ0n) is 19.5. The van der Waals surface area contributed by atoms with E-state index < -0.39 is 23.7 Å². The number of morpholine rings is 1. The number of benzene rings is 2. The van der Waals surface area contributed by atoms with Crippen LogP contribution in [-0.2, 0) is 19.1 Å². The Bertz CT molecular complexity index is 1040. The highest BCUT2D eigenvalue weighted by molar-refractivity contribution is 5.87. The van der Waals surface area contributed by atoms with Crippen molar-refractivity contribution in [3.05, 3.63) is 59.7 Å². The standard InChI is InChI=1S/C26H30N2O6/c1-3-8-22(23(29)28-13-14-34-26(2,16-28)24(30)31)27-25(32)33-15-21-19-11-6-4-9-17(19)18-10-5-7-12-20(18)21/h4-7,9-12,21-22H,3,8,13-16H2,1-2H3,(H,27,32)(H,30,31)/t22-,26?/m0/s1. The lowest BCUT2D eigenvalue weighted by molar-refractivity contribution is -0.177. The van der Waals surface area contributed by atoms with Crippen molar-refractivity contribution in [3.63, 3.8) is 0 Å². The molecular formula is C26H30N2O6. The number of rotatable bonds is 7. The van der Waals surface area contributed by atoms with Crippen LogP contribution in [0.5, 0.6) is 0 Å². The number of carboxylic acids is 1. The van der Waals surface area contributed by atoms with Crippen molar-refractivity contribution in [2.75, 3.05) is 26.3 Å². The second-order valence-electron chi connectivity index (χ2n) is 8.96. The van der Waals surface area contributed by atoms with Crippen LogP contribution in [-0.4, -0.2) is 65.9 Å². The van der Waals surface area contributed by atoms with Gasteiger partial charge in [-0.05, 0) is 35.6 Å². The Kier molecular flexibility index (Phi) is 6.88. The number of carbonyl (C=O) groups is 3. The molecule has 2 atom stereocenters. The van der Waals surface area contributed by atoms with Crippen LogP contribution in [0.1, 0.15) is 43.7 Å². The lowest BCUT2D eigenvalue weighted by atomic mass is 9.98. The number of carbonyl (C=O) groups excluding carboxylic acids is 2. The fraction of sp³-hybridized carbons (Fsp3) is 0.423. The first kappa shape index (κ1) is 23.8. The van der Waals surface area contributed by atoms with Crippen molar-refractivity contribution in [2.45, 2.75) is 44.2 Å². The minimum Gasteiger partial charge on any atom is -0.479 e. The maximum Gasteiger partial charge on any atom is 0.407 e. The van der Waals surface area contributed by atoms with Crippen LogP contribution in [0.2, 0.25) is 0 Å². The second-order valence-corrected chi connectivity index (χ2v) is 8.96. The molecule has 0 saturated carbocycles. The minimum atomic E-state index is -1.46. The minimum absolute atomic E-state index is 0.0750. The molecule has 2 aromatic rings. The Hall–Kier alpha value is -3.39. The first-order valence-corrected chi connectivity index (χ1v) is 11.6. The van der Waals surface area contributed by atoms with Crippen LogP contribution in [0.25, 0.3) is 11.1 Å². The van der Waals surface area contributed by atoms with Gasteiger partial charge in [0, 0.05) is 12.5 Å². The molecule has 1 aliphatic carbocycles. The molecule has 2 amide bonds. The summed E-state index contributed by atoms with van der Waals surface area (Å²) in [7, 11) is 0. The van der Waals surface area contributed by atoms with Crippen molar-refractivity contribution in [3.8, 4) is 11.1 Å². The summed E-state index contributed by atoms with van der Waals surface area (Å²) in [5, 5.41) is 12.1. The Labute approximate surface area is 198 Å². The lowest BCUT2D eigenvalue weighted by Crippen LogP contribution is -2.59. The summed E-state index contributed by atoms with van der Waals surface area (Å²) in [6.45, 7) is 3.84. The number of alkyl carbamates (subject to hydrolysis) is 1. The van der Waals surface area contributed by atoms with Gasteiger partial charge < -0.3 is 24.8 Å². The van der Waals surface area contributed by atoms with E-state index in [1.165, 1.54) is 11.8 Å². The molecule has 0 spiro atoms. The number of nitrogens with zero attached hydrogens (tertiary/aromatic N) is 1. The van der Waals surface area contributed by atoms with Crippen molar-refractivity contribution in [2.24, 2.45) is 0 Å². The molecule has 34 heavy (non-hydrogen) atoms. The predicted molar refractivity (Wildman–Crippen MR) is 125 cm³/mol. The molecule has 8 heteroatoms. The third-order valence-corrected chi connectivity index (χ3v) is 6.55. The highest BCUT2D eigenvalue weighted by Crippen LogP contribution is 2.44. The number of amides is 2. The monoisotopic (exact) mass is 466 g/mol. The van der Waals surface area contributed by atoms with Gasteiger partial charge in [-0.3, -0.25) is 4.79 Å². The summed E-state index contributed by atoms with van der Waals surface area (Å²) in [6.07, 6.45) is 0.424. The van der Waals surface area contributed by atoms with Crippen LogP contribution in [0.4, 0.5) is 4.79 Å². The Morgan fingerprint density at radius 1 is 1.15 bits per heavy atom. The summed E-state index contributed by atoms with van der Waals surface area (Å²) in [5.41, 5.74) is 3.03. The third-order valence-electron chi connectivity index (χ3n) is 6.55. The summed E-state index contributed by atoms with van der Waals surface area (Å²) in [4.78, 5) is 38.8. The van der Waals surface area contributed by atoms with Crippen molar-refractivity contribution < 1.29 is 29.0 Å². The van der Waals surface area contributed by atoms with E-state index >= 15 is 0 Å². The zero-order valence-corrected chi connectivity index (χ0v) is 19.5. The number of hydrogen-bond acceptors (Lipinski definition) is 5. The van der Waals surface area contributed by atoms with Gasteiger partial charge >= 0.3 is 12.1 Å². The van der Waals surface area contributed by atoms with E-state index in [1.54, 1.807) is 0 Å². The Morgan fingerprint density at radius 2 is 1.76 bits per heavy atom. The summed E-state index contributed by atoms with van der Waals surface area (Å²) >= 11 is 0. The molecule has 0 bridgehead atoms. The van der Waals surface area contributed by atoms with Crippen molar-refractivity contribution >= 4 is 18.0 Å². The Balaban J connectivity index is 1.41. The van der Waals surface area contributed by atoms with E-state index in [-0.39, 0.29) is 38.1 Å². The number of fused-ring (bicyclic) bond motifs is 3. The second kappa shape index (κ2) is 9.85. The van der Waals surface area contributed by atoms with E-state index in [4.69, 9.17) is 9.47 Å². The molecular weight excluding hydrogens is 436 g/mol. The maximum absolute atomic E-state index is 13.1. The fourth-order valence-electron chi connectivity index (χ4n) is 4.74. The predicted octanol–water partition coefficient (Wildman–Crippen LogP) is 3.40. The summed E-state index contributed by atoms with van der Waals surface area (Å²) < 4.78 is 11.0. The molecule has 180 valence electrons. The molecule has 0 radical (unpaired) electrons. The van der Waals surface area contributed by atoms with E-state index in [9.17, 15) is 19.5 Å². The van der Waals surface area contributed by atoms with Crippen molar-refractivity contribution in [1.82, 2.24) is 10.2 Å². The van der Waals surface area contributed by atoms with E-state index in [0.717, 1.165) is 22.3 Å².